The van der Waals surface area contributed by atoms with Crippen molar-refractivity contribution in [2.75, 3.05) is 10.6 Å². The Labute approximate surface area is 157 Å². The lowest BCUT2D eigenvalue weighted by atomic mass is 10.2. The van der Waals surface area contributed by atoms with Gasteiger partial charge in [0.1, 0.15) is 0 Å². The fraction of sp³-hybridized carbons (Fsp3) is 0. The Morgan fingerprint density at radius 3 is 2.26 bits per heavy atom. The van der Waals surface area contributed by atoms with Crippen LogP contribution >= 0.6 is 11.6 Å². The third kappa shape index (κ3) is 4.31. The van der Waals surface area contributed by atoms with E-state index < -0.39 is 16.7 Å². The average molecular weight is 386 g/mol. The standard InChI is InChI=1S/C18H12ClN3O5/c19-15-10-13(22(25)26)6-7-14(15)17(23)20-11-3-1-4-12(9-11)21-18(24)16-5-2-8-27-16/h1-10H,(H,20,23)(H,21,24). The van der Waals surface area contributed by atoms with Crippen LogP contribution in [-0.2, 0) is 0 Å². The number of furan rings is 1. The summed E-state index contributed by atoms with van der Waals surface area (Å²) in [5.41, 5.74) is 0.738. The second-order valence-corrected chi connectivity index (χ2v) is 5.79. The van der Waals surface area contributed by atoms with Crippen molar-refractivity contribution in [3.8, 4) is 0 Å². The maximum atomic E-state index is 12.4. The fourth-order valence-electron chi connectivity index (χ4n) is 2.28. The molecule has 0 spiro atoms. The number of nitro benzene ring substituents is 1. The molecule has 1 heterocycles. The Kier molecular flexibility index (Phi) is 5.18. The Balaban J connectivity index is 1.73. The third-order valence-electron chi connectivity index (χ3n) is 3.53. The van der Waals surface area contributed by atoms with Crippen LogP contribution < -0.4 is 10.6 Å². The fourth-order valence-corrected chi connectivity index (χ4v) is 2.54. The average Bonchev–Trinajstić information content (AvgIpc) is 3.16. The van der Waals surface area contributed by atoms with Gasteiger partial charge in [-0.25, -0.2) is 0 Å². The molecule has 0 aliphatic carbocycles. The summed E-state index contributed by atoms with van der Waals surface area (Å²) >= 11 is 5.96. The number of nitrogens with one attached hydrogen (secondary N) is 2. The van der Waals surface area contributed by atoms with Crippen LogP contribution in [0.15, 0.2) is 65.3 Å². The molecule has 0 aliphatic heterocycles. The van der Waals surface area contributed by atoms with Crippen LogP contribution in [0.5, 0.6) is 0 Å². The van der Waals surface area contributed by atoms with Crippen molar-refractivity contribution >= 4 is 40.5 Å². The van der Waals surface area contributed by atoms with Crippen LogP contribution in [0.1, 0.15) is 20.9 Å². The normalized spacial score (nSPS) is 10.3. The van der Waals surface area contributed by atoms with Gasteiger partial charge in [0.25, 0.3) is 17.5 Å². The highest BCUT2D eigenvalue weighted by Crippen LogP contribution is 2.24. The van der Waals surface area contributed by atoms with Crippen molar-refractivity contribution in [2.24, 2.45) is 0 Å². The molecule has 8 nitrogen and oxygen atoms in total. The van der Waals surface area contributed by atoms with Crippen molar-refractivity contribution in [3.63, 3.8) is 0 Å². The lowest BCUT2D eigenvalue weighted by Crippen LogP contribution is -2.14. The molecule has 3 aromatic rings. The molecule has 0 unspecified atom stereocenters. The van der Waals surface area contributed by atoms with E-state index in [1.165, 1.54) is 24.5 Å². The second-order valence-electron chi connectivity index (χ2n) is 5.39. The lowest BCUT2D eigenvalue weighted by molar-refractivity contribution is -0.384. The smallest absolute Gasteiger partial charge is 0.291 e. The number of benzene rings is 2. The first kappa shape index (κ1) is 18.2. The summed E-state index contributed by atoms with van der Waals surface area (Å²) < 4.78 is 5.02. The van der Waals surface area contributed by atoms with Crippen LogP contribution in [0, 0.1) is 10.1 Å². The highest BCUT2D eigenvalue weighted by Gasteiger charge is 2.15. The highest BCUT2D eigenvalue weighted by atomic mass is 35.5. The molecule has 0 saturated heterocycles. The number of nitro groups is 1. The molecule has 0 radical (unpaired) electrons. The quantitative estimate of drug-likeness (QED) is 0.500. The lowest BCUT2D eigenvalue weighted by Gasteiger charge is -2.09. The van der Waals surface area contributed by atoms with E-state index >= 15 is 0 Å². The summed E-state index contributed by atoms with van der Waals surface area (Å²) in [6.45, 7) is 0. The van der Waals surface area contributed by atoms with Gasteiger partial charge in [0.05, 0.1) is 21.8 Å². The molecule has 136 valence electrons. The van der Waals surface area contributed by atoms with E-state index in [9.17, 15) is 19.7 Å². The Morgan fingerprint density at radius 1 is 0.963 bits per heavy atom. The van der Waals surface area contributed by atoms with Gasteiger partial charge in [-0.3, -0.25) is 19.7 Å². The minimum absolute atomic E-state index is 0.0380. The maximum Gasteiger partial charge on any atom is 0.291 e. The number of carbonyl (C=O) groups is 2. The summed E-state index contributed by atoms with van der Waals surface area (Å²) in [6, 6.07) is 13.2. The number of amides is 2. The van der Waals surface area contributed by atoms with Gasteiger partial charge >= 0.3 is 0 Å². The zero-order chi connectivity index (χ0) is 19.4. The van der Waals surface area contributed by atoms with E-state index in [1.54, 1.807) is 30.3 Å². The number of hydrogen-bond donors (Lipinski definition) is 2. The van der Waals surface area contributed by atoms with Gasteiger partial charge in [0, 0.05) is 23.5 Å². The van der Waals surface area contributed by atoms with Crippen molar-refractivity contribution in [1.29, 1.82) is 0 Å². The van der Waals surface area contributed by atoms with Crippen LogP contribution in [-0.4, -0.2) is 16.7 Å². The molecule has 2 aromatic carbocycles. The van der Waals surface area contributed by atoms with E-state index in [-0.39, 0.29) is 22.0 Å². The zero-order valence-corrected chi connectivity index (χ0v) is 14.4. The third-order valence-corrected chi connectivity index (χ3v) is 3.84. The number of hydrogen-bond acceptors (Lipinski definition) is 5. The van der Waals surface area contributed by atoms with Crippen molar-refractivity contribution in [3.05, 3.63) is 87.3 Å². The Morgan fingerprint density at radius 2 is 1.67 bits per heavy atom. The van der Waals surface area contributed by atoms with Crippen LogP contribution in [0.2, 0.25) is 5.02 Å². The first-order valence-corrected chi connectivity index (χ1v) is 8.02. The van der Waals surface area contributed by atoms with Gasteiger partial charge < -0.3 is 15.1 Å². The monoisotopic (exact) mass is 385 g/mol. The molecule has 27 heavy (non-hydrogen) atoms. The first-order chi connectivity index (χ1) is 12.9. The molecule has 0 fully saturated rings. The molecular weight excluding hydrogens is 374 g/mol. The molecular formula is C18H12ClN3O5. The molecule has 0 aliphatic rings. The van der Waals surface area contributed by atoms with Crippen LogP contribution in [0.3, 0.4) is 0 Å². The number of non-ortho nitro benzene ring substituents is 1. The van der Waals surface area contributed by atoms with Gasteiger partial charge in [0.15, 0.2) is 5.76 Å². The zero-order valence-electron chi connectivity index (χ0n) is 13.6. The van der Waals surface area contributed by atoms with Gasteiger partial charge in [-0.15, -0.1) is 0 Å². The molecule has 9 heteroatoms. The summed E-state index contributed by atoms with van der Waals surface area (Å²) in [6.07, 6.45) is 1.39. The van der Waals surface area contributed by atoms with Gasteiger partial charge in [-0.2, -0.15) is 0 Å². The Hall–Kier alpha value is -3.65. The maximum absolute atomic E-state index is 12.4. The summed E-state index contributed by atoms with van der Waals surface area (Å²) in [5.74, 6) is -0.812. The van der Waals surface area contributed by atoms with E-state index in [4.69, 9.17) is 16.0 Å². The predicted octanol–water partition coefficient (Wildman–Crippen LogP) is 4.35. The summed E-state index contributed by atoms with van der Waals surface area (Å²) in [4.78, 5) is 34.5. The SMILES string of the molecule is O=C(Nc1cccc(NC(=O)c2ccc([N+](=O)[O-])cc2Cl)c1)c1ccco1. The van der Waals surface area contributed by atoms with Crippen LogP contribution in [0.25, 0.3) is 0 Å². The topological polar surface area (TPSA) is 114 Å². The van der Waals surface area contributed by atoms with Gasteiger partial charge in [-0.05, 0) is 36.4 Å². The molecule has 0 bridgehead atoms. The number of anilines is 2. The van der Waals surface area contributed by atoms with E-state index in [2.05, 4.69) is 10.6 Å². The van der Waals surface area contributed by atoms with Crippen LogP contribution in [0.4, 0.5) is 17.1 Å². The summed E-state index contributed by atoms with van der Waals surface area (Å²) in [5, 5.41) is 16.0. The molecule has 2 amide bonds. The molecule has 0 saturated carbocycles. The minimum Gasteiger partial charge on any atom is -0.459 e. The van der Waals surface area contributed by atoms with E-state index in [0.717, 1.165) is 6.07 Å². The molecule has 1 aromatic heterocycles. The number of halogens is 1. The minimum atomic E-state index is -0.598. The Bertz CT molecular complexity index is 1020. The molecule has 2 N–H and O–H groups in total. The molecule has 0 atom stereocenters. The van der Waals surface area contributed by atoms with Crippen molar-refractivity contribution in [2.45, 2.75) is 0 Å². The highest BCUT2D eigenvalue weighted by molar-refractivity contribution is 6.34. The largest absolute Gasteiger partial charge is 0.459 e. The second kappa shape index (κ2) is 7.71. The van der Waals surface area contributed by atoms with E-state index in [0.29, 0.717) is 11.4 Å². The predicted molar refractivity (Wildman–Crippen MR) is 99.2 cm³/mol. The van der Waals surface area contributed by atoms with Gasteiger partial charge in [-0.1, -0.05) is 17.7 Å². The van der Waals surface area contributed by atoms with Crippen molar-refractivity contribution in [1.82, 2.24) is 0 Å². The number of rotatable bonds is 5. The number of nitrogens with zero attached hydrogens (tertiary/aromatic N) is 1. The van der Waals surface area contributed by atoms with Crippen molar-refractivity contribution < 1.29 is 18.9 Å². The summed E-state index contributed by atoms with van der Waals surface area (Å²) in [7, 11) is 0. The van der Waals surface area contributed by atoms with E-state index in [1.807, 2.05) is 0 Å². The number of carbonyl (C=O) groups excluding carboxylic acids is 2. The molecule has 3 rings (SSSR count). The van der Waals surface area contributed by atoms with Gasteiger partial charge in [0.2, 0.25) is 0 Å². The first-order valence-electron chi connectivity index (χ1n) is 7.64.